The minimum Gasteiger partial charge on any atom is -0.481 e. The zero-order valence-electron chi connectivity index (χ0n) is 24.2. The number of carboxylic acid groups (broad SMARTS) is 1. The van der Waals surface area contributed by atoms with Crippen molar-refractivity contribution in [3.8, 4) is 11.1 Å². The van der Waals surface area contributed by atoms with Gasteiger partial charge in [0, 0.05) is 16.7 Å². The second kappa shape index (κ2) is 10.4. The molecule has 0 unspecified atom stereocenters. The molecule has 1 spiro atoms. The topological polar surface area (TPSA) is 50.2 Å². The third kappa shape index (κ3) is 4.78. The number of aliphatic carboxylic acids is 1. The fourth-order valence-corrected chi connectivity index (χ4v) is 8.26. The minimum atomic E-state index is -0.629. The lowest BCUT2D eigenvalue weighted by Crippen LogP contribution is -2.50. The SMILES string of the molecule is Cc1cc(-c2ccc(CCCc3ccc4c(c3)[C@@]3(CCC4)CC[C@H]3C(=O)O)cc2[C@@H]2CCCC2(C)C)c(F)cn1. The maximum atomic E-state index is 15.0. The van der Waals surface area contributed by atoms with Gasteiger partial charge < -0.3 is 5.11 Å². The van der Waals surface area contributed by atoms with Crippen molar-refractivity contribution >= 4 is 5.97 Å². The lowest BCUT2D eigenvalue weighted by Gasteiger charge is -2.51. The van der Waals surface area contributed by atoms with Crippen molar-refractivity contribution in [2.24, 2.45) is 11.3 Å². The van der Waals surface area contributed by atoms with Gasteiger partial charge in [0.2, 0.25) is 0 Å². The van der Waals surface area contributed by atoms with Crippen LogP contribution in [0.3, 0.4) is 0 Å². The van der Waals surface area contributed by atoms with Crippen LogP contribution >= 0.6 is 0 Å². The number of aromatic nitrogens is 1. The number of rotatable bonds is 7. The van der Waals surface area contributed by atoms with Crippen LogP contribution in [-0.4, -0.2) is 16.1 Å². The molecule has 3 atom stereocenters. The Labute approximate surface area is 238 Å². The number of hydrogen-bond acceptors (Lipinski definition) is 2. The van der Waals surface area contributed by atoms with Crippen LogP contribution in [0.4, 0.5) is 4.39 Å². The van der Waals surface area contributed by atoms with E-state index in [0.717, 1.165) is 69.0 Å². The highest BCUT2D eigenvalue weighted by Crippen LogP contribution is 2.55. The van der Waals surface area contributed by atoms with E-state index in [1.165, 1.54) is 46.9 Å². The van der Waals surface area contributed by atoms with Gasteiger partial charge in [0.25, 0.3) is 0 Å². The van der Waals surface area contributed by atoms with Crippen LogP contribution in [0.25, 0.3) is 11.1 Å². The highest BCUT2D eigenvalue weighted by Gasteiger charge is 2.53. The fraction of sp³-hybridized carbons (Fsp3) is 0.500. The number of halogens is 1. The monoisotopic (exact) mass is 539 g/mol. The molecule has 3 aromatic rings. The summed E-state index contributed by atoms with van der Waals surface area (Å²) in [6, 6.07) is 15.4. The minimum absolute atomic E-state index is 0.144. The molecule has 0 aliphatic heterocycles. The van der Waals surface area contributed by atoms with Gasteiger partial charge in [0.1, 0.15) is 5.82 Å². The maximum Gasteiger partial charge on any atom is 0.307 e. The second-order valence-electron chi connectivity index (χ2n) is 13.4. The predicted molar refractivity (Wildman–Crippen MR) is 158 cm³/mol. The molecular formula is C36H42FNO2. The summed E-state index contributed by atoms with van der Waals surface area (Å²) in [4.78, 5) is 16.1. The van der Waals surface area contributed by atoms with E-state index in [0.29, 0.717) is 11.5 Å². The van der Waals surface area contributed by atoms with Gasteiger partial charge in [-0.25, -0.2) is 4.39 Å². The zero-order valence-corrected chi connectivity index (χ0v) is 24.2. The van der Waals surface area contributed by atoms with E-state index >= 15 is 0 Å². The Bertz CT molecular complexity index is 1440. The van der Waals surface area contributed by atoms with Crippen LogP contribution in [0.1, 0.15) is 105 Å². The molecule has 0 radical (unpaired) electrons. The molecular weight excluding hydrogens is 497 g/mol. The molecule has 4 heteroatoms. The Morgan fingerprint density at radius 2 is 1.75 bits per heavy atom. The lowest BCUT2D eigenvalue weighted by atomic mass is 9.52. The molecule has 1 aromatic heterocycles. The predicted octanol–water partition coefficient (Wildman–Crippen LogP) is 8.73. The first-order chi connectivity index (χ1) is 19.2. The summed E-state index contributed by atoms with van der Waals surface area (Å²) in [6.07, 6.45) is 12.9. The number of nitrogens with zero attached hydrogens (tertiary/aromatic N) is 1. The molecule has 1 heterocycles. The Balaban J connectivity index is 1.24. The number of carbonyl (C=O) groups is 1. The largest absolute Gasteiger partial charge is 0.481 e. The molecule has 0 bridgehead atoms. The van der Waals surface area contributed by atoms with Crippen molar-refractivity contribution in [3.63, 3.8) is 0 Å². The van der Waals surface area contributed by atoms with Gasteiger partial charge in [-0.1, -0.05) is 56.7 Å². The number of hydrogen-bond donors (Lipinski definition) is 1. The van der Waals surface area contributed by atoms with Gasteiger partial charge in [0.15, 0.2) is 0 Å². The van der Waals surface area contributed by atoms with Crippen LogP contribution in [0.2, 0.25) is 0 Å². The molecule has 3 aliphatic rings. The molecule has 2 saturated carbocycles. The molecule has 210 valence electrons. The lowest BCUT2D eigenvalue weighted by molar-refractivity contribution is -0.150. The molecule has 40 heavy (non-hydrogen) atoms. The molecule has 0 amide bonds. The van der Waals surface area contributed by atoms with Gasteiger partial charge in [-0.3, -0.25) is 9.78 Å². The van der Waals surface area contributed by atoms with Gasteiger partial charge in [-0.15, -0.1) is 0 Å². The number of fused-ring (bicyclic) bond motifs is 2. The van der Waals surface area contributed by atoms with Crippen molar-refractivity contribution in [1.82, 2.24) is 4.98 Å². The Morgan fingerprint density at radius 1 is 0.975 bits per heavy atom. The van der Waals surface area contributed by atoms with Crippen molar-refractivity contribution in [1.29, 1.82) is 0 Å². The quantitative estimate of drug-likeness (QED) is 0.327. The van der Waals surface area contributed by atoms with Crippen molar-refractivity contribution < 1.29 is 14.3 Å². The first-order valence-electron chi connectivity index (χ1n) is 15.3. The van der Waals surface area contributed by atoms with Crippen molar-refractivity contribution in [2.45, 2.75) is 103 Å². The molecule has 2 aromatic carbocycles. The van der Waals surface area contributed by atoms with Gasteiger partial charge in [-0.2, -0.15) is 0 Å². The third-order valence-corrected chi connectivity index (χ3v) is 10.6. The highest BCUT2D eigenvalue weighted by atomic mass is 19.1. The smallest absolute Gasteiger partial charge is 0.307 e. The van der Waals surface area contributed by atoms with E-state index in [1.807, 2.05) is 13.0 Å². The molecule has 3 aliphatic carbocycles. The summed E-state index contributed by atoms with van der Waals surface area (Å²) < 4.78 is 15.0. The molecule has 3 nitrogen and oxygen atoms in total. The van der Waals surface area contributed by atoms with Crippen LogP contribution in [0.5, 0.6) is 0 Å². The first-order valence-corrected chi connectivity index (χ1v) is 15.3. The standard InChI is InChI=1S/C36H42FNO2/c1-23-19-29(33(37)22-38-23)27-14-12-24(20-28(27)30-10-6-16-35(30,2)3)7-4-8-25-11-13-26-9-5-17-36(32(26)21-25)18-15-31(36)34(39)40/h11-14,19-22,30-31H,4-10,15-18H2,1-3H3,(H,39,40)/t30-,31-,36-/m0/s1. The summed E-state index contributed by atoms with van der Waals surface area (Å²) in [7, 11) is 0. The normalized spacial score (nSPS) is 25.0. The summed E-state index contributed by atoms with van der Waals surface area (Å²) in [5.74, 6) is -0.697. The number of pyridine rings is 1. The highest BCUT2D eigenvalue weighted by molar-refractivity contribution is 5.74. The zero-order chi connectivity index (χ0) is 28.1. The molecule has 1 N–H and O–H groups in total. The Kier molecular flexibility index (Phi) is 7.09. The average molecular weight is 540 g/mol. The van der Waals surface area contributed by atoms with Crippen LogP contribution < -0.4 is 0 Å². The number of aryl methyl sites for hydroxylation is 4. The second-order valence-corrected chi connectivity index (χ2v) is 13.4. The average Bonchev–Trinajstić information content (AvgIpc) is 3.27. The van der Waals surface area contributed by atoms with E-state index in [2.05, 4.69) is 55.2 Å². The summed E-state index contributed by atoms with van der Waals surface area (Å²) in [5.41, 5.74) is 9.15. The maximum absolute atomic E-state index is 15.0. The van der Waals surface area contributed by atoms with Crippen LogP contribution in [0.15, 0.2) is 48.7 Å². The van der Waals surface area contributed by atoms with E-state index in [9.17, 15) is 14.3 Å². The first kappa shape index (κ1) is 27.2. The molecule has 6 rings (SSSR count). The van der Waals surface area contributed by atoms with Gasteiger partial charge >= 0.3 is 5.97 Å². The van der Waals surface area contributed by atoms with Gasteiger partial charge in [-0.05, 0) is 122 Å². The van der Waals surface area contributed by atoms with Gasteiger partial charge in [0.05, 0.1) is 12.1 Å². The summed E-state index contributed by atoms with van der Waals surface area (Å²) in [6.45, 7) is 6.64. The van der Waals surface area contributed by atoms with E-state index in [1.54, 1.807) is 0 Å². The van der Waals surface area contributed by atoms with Crippen molar-refractivity contribution in [3.05, 3.63) is 88.0 Å². The Hall–Kier alpha value is -3.01. The van der Waals surface area contributed by atoms with E-state index in [-0.39, 0.29) is 22.6 Å². The summed E-state index contributed by atoms with van der Waals surface area (Å²) in [5, 5.41) is 9.84. The van der Waals surface area contributed by atoms with E-state index in [4.69, 9.17) is 0 Å². The number of benzene rings is 2. The number of carboxylic acids is 1. The summed E-state index contributed by atoms with van der Waals surface area (Å²) >= 11 is 0. The van der Waals surface area contributed by atoms with Crippen LogP contribution in [-0.2, 0) is 29.5 Å². The van der Waals surface area contributed by atoms with E-state index < -0.39 is 5.97 Å². The molecule has 0 saturated heterocycles. The van der Waals surface area contributed by atoms with Crippen molar-refractivity contribution in [2.75, 3.05) is 0 Å². The van der Waals surface area contributed by atoms with Crippen LogP contribution in [0, 0.1) is 24.1 Å². The molecule has 2 fully saturated rings. The fourth-order valence-electron chi connectivity index (χ4n) is 8.26. The third-order valence-electron chi connectivity index (χ3n) is 10.6. The Morgan fingerprint density at radius 3 is 2.45 bits per heavy atom.